The number of hydrogen-bond acceptors (Lipinski definition) is 8. The molecule has 0 bridgehead atoms. The van der Waals surface area contributed by atoms with E-state index in [0.717, 1.165) is 5.69 Å². The molecule has 36 heavy (non-hydrogen) atoms. The van der Waals surface area contributed by atoms with E-state index in [1.807, 2.05) is 12.1 Å². The highest BCUT2D eigenvalue weighted by Gasteiger charge is 2.22. The van der Waals surface area contributed by atoms with Crippen LogP contribution >= 0.6 is 23.2 Å². The molecule has 2 aromatic carbocycles. The van der Waals surface area contributed by atoms with Gasteiger partial charge in [0.05, 0.1) is 17.5 Å². The van der Waals surface area contributed by atoms with Gasteiger partial charge >= 0.3 is 0 Å². The fraction of sp³-hybridized carbons (Fsp3) is 0.250. The van der Waals surface area contributed by atoms with Gasteiger partial charge in [-0.1, -0.05) is 6.07 Å². The van der Waals surface area contributed by atoms with Crippen molar-refractivity contribution >= 4 is 57.9 Å². The monoisotopic (exact) mass is 534 g/mol. The lowest BCUT2D eigenvalue weighted by molar-refractivity contribution is -0.114. The summed E-state index contributed by atoms with van der Waals surface area (Å²) in [5.74, 6) is 0.0600. The number of carbonyl (C=O) groups excluding carboxylic acids is 2. The molecule has 0 atom stereocenters. The van der Waals surface area contributed by atoms with Gasteiger partial charge in [0.25, 0.3) is 5.91 Å². The summed E-state index contributed by atoms with van der Waals surface area (Å²) >= 11 is 11.7. The third-order valence-electron chi connectivity index (χ3n) is 5.13. The lowest BCUT2D eigenvalue weighted by Gasteiger charge is -2.22. The number of benzene rings is 2. The molecular formula is C24H25Cl2FN6O3. The summed E-state index contributed by atoms with van der Waals surface area (Å²) in [4.78, 5) is 27.5. The van der Waals surface area contributed by atoms with Crippen molar-refractivity contribution < 1.29 is 18.7 Å². The number of amides is 1. The van der Waals surface area contributed by atoms with Crippen molar-refractivity contribution in [3.63, 3.8) is 0 Å². The van der Waals surface area contributed by atoms with Crippen molar-refractivity contribution in [1.82, 2.24) is 10.9 Å². The number of carbonyl (C=O) groups is 2. The van der Waals surface area contributed by atoms with Gasteiger partial charge in [0.15, 0.2) is 11.6 Å². The van der Waals surface area contributed by atoms with Crippen LogP contribution < -0.4 is 25.4 Å². The second kappa shape index (κ2) is 12.9. The molecule has 1 amide bonds. The van der Waals surface area contributed by atoms with E-state index in [0.29, 0.717) is 30.6 Å². The van der Waals surface area contributed by atoms with Crippen LogP contribution in [0.15, 0.2) is 65.0 Å². The first-order chi connectivity index (χ1) is 17.3. The van der Waals surface area contributed by atoms with Crippen LogP contribution in [0, 0.1) is 5.82 Å². The van der Waals surface area contributed by atoms with Gasteiger partial charge in [-0.2, -0.15) is 10.2 Å². The number of anilines is 2. The Bertz CT molecular complexity index is 1180. The molecule has 2 aromatic rings. The van der Waals surface area contributed by atoms with Gasteiger partial charge in [-0.3, -0.25) is 20.4 Å². The molecule has 0 spiro atoms. The first-order valence-corrected chi connectivity index (χ1v) is 12.0. The summed E-state index contributed by atoms with van der Waals surface area (Å²) in [6.07, 6.45) is 2.47. The summed E-state index contributed by atoms with van der Waals surface area (Å²) in [5.41, 5.74) is 6.23. The fourth-order valence-corrected chi connectivity index (χ4v) is 3.68. The molecule has 12 heteroatoms. The molecule has 190 valence electrons. The second-order valence-electron chi connectivity index (χ2n) is 7.51. The van der Waals surface area contributed by atoms with Crippen LogP contribution in [0.3, 0.4) is 0 Å². The molecule has 3 rings (SSSR count). The second-order valence-corrected chi connectivity index (χ2v) is 8.27. The molecule has 1 aliphatic heterocycles. The lowest BCUT2D eigenvalue weighted by Crippen LogP contribution is -2.38. The zero-order chi connectivity index (χ0) is 26.1. The topological polar surface area (TPSA) is 98.6 Å². The Hall–Kier alpha value is -3.63. The van der Waals surface area contributed by atoms with Gasteiger partial charge in [0, 0.05) is 50.6 Å². The number of nitrogens with one attached hydrogen (secondary N) is 2. The summed E-state index contributed by atoms with van der Waals surface area (Å²) < 4.78 is 20.3. The Balaban J connectivity index is 1.68. The molecule has 9 nitrogen and oxygen atoms in total. The number of Topliss-reactive ketones (excluding diaryl/α,β-unsaturated/α-hetero) is 1. The number of amidine groups is 2. The Morgan fingerprint density at radius 1 is 1.06 bits per heavy atom. The van der Waals surface area contributed by atoms with Crippen LogP contribution in [0.1, 0.15) is 12.5 Å². The minimum atomic E-state index is -0.626. The lowest BCUT2D eigenvalue weighted by atomic mass is 10.1. The molecular weight excluding hydrogens is 510 g/mol. The van der Waals surface area contributed by atoms with Gasteiger partial charge in [-0.05, 0) is 36.4 Å². The Labute approximate surface area is 218 Å². The fourth-order valence-electron chi connectivity index (χ4n) is 3.27. The Kier molecular flexibility index (Phi) is 9.66. The summed E-state index contributed by atoms with van der Waals surface area (Å²) in [7, 11) is 1.49. The van der Waals surface area contributed by atoms with Gasteiger partial charge in [0.1, 0.15) is 11.6 Å². The maximum atomic E-state index is 14.7. The molecule has 2 N–H and O–H groups in total. The van der Waals surface area contributed by atoms with Crippen LogP contribution in [-0.2, 0) is 9.59 Å². The molecule has 0 fully saturated rings. The number of hydrazone groups is 2. The van der Waals surface area contributed by atoms with Crippen LogP contribution in [0.5, 0.6) is 5.75 Å². The average molecular weight is 535 g/mol. The van der Waals surface area contributed by atoms with Crippen molar-refractivity contribution in [3.05, 3.63) is 66.2 Å². The molecule has 0 aromatic heterocycles. The highest BCUT2D eigenvalue weighted by Crippen LogP contribution is 2.24. The van der Waals surface area contributed by atoms with E-state index in [9.17, 15) is 14.0 Å². The summed E-state index contributed by atoms with van der Waals surface area (Å²) in [6.45, 7) is 2.65. The molecule has 0 aliphatic carbocycles. The molecule has 0 radical (unpaired) electrons. The van der Waals surface area contributed by atoms with Crippen molar-refractivity contribution in [2.75, 3.05) is 41.7 Å². The standard InChI is InChI=1S/C24H25Cl2FN6O3/c1-16(34)23-28-30-24(31-29-23)22-19(27)4-3-5-20(22)32(2)21(35)10-15-36-18-8-6-17(7-9-18)33(13-11-25)14-12-26/h3-10,15H,11-14H2,1-2H3,(H,28,29)(H,30,31)/b15-10+. The largest absolute Gasteiger partial charge is 0.465 e. The third kappa shape index (κ3) is 6.73. The van der Waals surface area contributed by atoms with Crippen molar-refractivity contribution in [3.8, 4) is 5.75 Å². The number of ketones is 1. The van der Waals surface area contributed by atoms with Crippen LogP contribution in [0.25, 0.3) is 0 Å². The Morgan fingerprint density at radius 3 is 2.33 bits per heavy atom. The average Bonchev–Trinajstić information content (AvgIpc) is 2.88. The van der Waals surface area contributed by atoms with Crippen LogP contribution in [0.2, 0.25) is 0 Å². The van der Waals surface area contributed by atoms with E-state index in [-0.39, 0.29) is 28.7 Å². The van der Waals surface area contributed by atoms with E-state index < -0.39 is 11.7 Å². The van der Waals surface area contributed by atoms with E-state index in [2.05, 4.69) is 26.0 Å². The highest BCUT2D eigenvalue weighted by molar-refractivity contribution is 6.38. The van der Waals surface area contributed by atoms with Crippen molar-refractivity contribution in [1.29, 1.82) is 0 Å². The zero-order valence-electron chi connectivity index (χ0n) is 19.7. The van der Waals surface area contributed by atoms with Gasteiger partial charge in [-0.15, -0.1) is 23.2 Å². The quantitative estimate of drug-likeness (QED) is 0.260. The summed E-state index contributed by atoms with van der Waals surface area (Å²) in [5, 5.41) is 7.82. The maximum absolute atomic E-state index is 14.7. The third-order valence-corrected chi connectivity index (χ3v) is 5.46. The zero-order valence-corrected chi connectivity index (χ0v) is 21.2. The smallest absolute Gasteiger partial charge is 0.253 e. The molecule has 0 unspecified atom stereocenters. The van der Waals surface area contributed by atoms with Gasteiger partial charge in [0.2, 0.25) is 5.84 Å². The minimum absolute atomic E-state index is 0.00977. The molecule has 1 heterocycles. The van der Waals surface area contributed by atoms with Crippen molar-refractivity contribution in [2.45, 2.75) is 6.92 Å². The predicted octanol–water partition coefficient (Wildman–Crippen LogP) is 3.42. The number of nitrogens with zero attached hydrogens (tertiary/aromatic N) is 4. The van der Waals surface area contributed by atoms with Gasteiger partial charge < -0.3 is 14.5 Å². The number of hydrogen-bond donors (Lipinski definition) is 2. The first-order valence-electron chi connectivity index (χ1n) is 10.9. The number of alkyl halides is 2. The summed E-state index contributed by atoms with van der Waals surface area (Å²) in [6, 6.07) is 11.6. The minimum Gasteiger partial charge on any atom is -0.465 e. The van der Waals surface area contributed by atoms with Crippen LogP contribution in [-0.4, -0.2) is 55.3 Å². The number of likely N-dealkylation sites (N-methyl/N-ethyl adjacent to an activating group) is 1. The normalized spacial score (nSPS) is 12.8. The predicted molar refractivity (Wildman–Crippen MR) is 141 cm³/mol. The van der Waals surface area contributed by atoms with Crippen molar-refractivity contribution in [2.24, 2.45) is 10.2 Å². The first kappa shape index (κ1) is 27.0. The number of ether oxygens (including phenoxy) is 1. The van der Waals surface area contributed by atoms with Crippen LogP contribution in [0.4, 0.5) is 15.8 Å². The number of rotatable bonds is 11. The van der Waals surface area contributed by atoms with E-state index in [1.54, 1.807) is 18.2 Å². The molecule has 0 saturated carbocycles. The molecule has 1 aliphatic rings. The van der Waals surface area contributed by atoms with E-state index in [1.165, 1.54) is 43.3 Å². The highest BCUT2D eigenvalue weighted by atomic mass is 35.5. The maximum Gasteiger partial charge on any atom is 0.253 e. The Morgan fingerprint density at radius 2 is 1.75 bits per heavy atom. The molecule has 0 saturated heterocycles. The van der Waals surface area contributed by atoms with E-state index in [4.69, 9.17) is 27.9 Å². The SMILES string of the molecule is CC(=O)C1=NNC(c2c(F)cccc2N(C)C(=O)/C=C/Oc2ccc(N(CCCl)CCCl)cc2)=NN1. The number of halogens is 3. The van der Waals surface area contributed by atoms with Gasteiger partial charge in [-0.25, -0.2) is 4.39 Å². The van der Waals surface area contributed by atoms with E-state index >= 15 is 0 Å².